The van der Waals surface area contributed by atoms with Gasteiger partial charge in [-0.05, 0) is 42.9 Å². The van der Waals surface area contributed by atoms with Gasteiger partial charge < -0.3 is 37.0 Å². The average Bonchev–Trinajstić information content (AvgIpc) is 2.80. The molecule has 0 spiro atoms. The van der Waals surface area contributed by atoms with E-state index in [9.17, 15) is 34.5 Å². The first kappa shape index (κ1) is 30.9. The Hall–Kier alpha value is -3.18. The largest absolute Gasteiger partial charge is 0.508 e. The van der Waals surface area contributed by atoms with E-state index < -0.39 is 54.0 Å². The Morgan fingerprint density at radius 1 is 0.889 bits per heavy atom. The zero-order valence-electron chi connectivity index (χ0n) is 21.5. The molecule has 0 fully saturated rings. The summed E-state index contributed by atoms with van der Waals surface area (Å²) in [5, 5.41) is 36.7. The lowest BCUT2D eigenvalue weighted by atomic mass is 9.98. The van der Waals surface area contributed by atoms with Crippen LogP contribution in [0.15, 0.2) is 24.3 Å². The van der Waals surface area contributed by atoms with Crippen LogP contribution in [0, 0.1) is 11.8 Å². The molecule has 1 aromatic carbocycles. The fourth-order valence-electron chi connectivity index (χ4n) is 3.47. The maximum atomic E-state index is 13.1. The highest BCUT2D eigenvalue weighted by molar-refractivity contribution is 5.94. The molecule has 36 heavy (non-hydrogen) atoms. The second-order valence-corrected chi connectivity index (χ2v) is 9.60. The van der Waals surface area contributed by atoms with Crippen molar-refractivity contribution in [1.82, 2.24) is 16.0 Å². The number of rotatable bonds is 14. The normalized spacial score (nSPS) is 16.2. The molecule has 0 saturated carbocycles. The molecular weight excluding hydrogens is 468 g/mol. The molecule has 0 aromatic heterocycles. The number of hydrogen-bond acceptors (Lipinski definition) is 7. The van der Waals surface area contributed by atoms with E-state index in [-0.39, 0.29) is 30.4 Å². The molecule has 6 unspecified atom stereocenters. The van der Waals surface area contributed by atoms with Crippen LogP contribution in [0.25, 0.3) is 0 Å². The van der Waals surface area contributed by atoms with E-state index in [0.717, 1.165) is 0 Å². The summed E-state index contributed by atoms with van der Waals surface area (Å²) in [5.41, 5.74) is 6.52. The summed E-state index contributed by atoms with van der Waals surface area (Å²) in [6.45, 7) is 8.61. The predicted molar refractivity (Wildman–Crippen MR) is 134 cm³/mol. The number of aliphatic hydroxyl groups is 1. The molecule has 0 radical (unpaired) electrons. The number of phenols is 1. The Morgan fingerprint density at radius 3 is 1.92 bits per heavy atom. The van der Waals surface area contributed by atoms with Crippen molar-refractivity contribution in [3.8, 4) is 5.75 Å². The second-order valence-electron chi connectivity index (χ2n) is 9.60. The highest BCUT2D eigenvalue weighted by Crippen LogP contribution is 2.13. The van der Waals surface area contributed by atoms with Gasteiger partial charge in [-0.2, -0.15) is 0 Å². The molecule has 3 amide bonds. The molecule has 8 N–H and O–H groups in total. The predicted octanol–water partition coefficient (Wildman–Crippen LogP) is 0.274. The van der Waals surface area contributed by atoms with Crippen LogP contribution in [-0.2, 0) is 25.6 Å². The number of phenolic OH excluding ortho intramolecular Hbond substituents is 1. The smallest absolute Gasteiger partial charge is 0.326 e. The van der Waals surface area contributed by atoms with E-state index in [1.807, 2.05) is 20.8 Å². The Bertz CT molecular complexity index is 889. The van der Waals surface area contributed by atoms with E-state index in [0.29, 0.717) is 12.0 Å². The van der Waals surface area contributed by atoms with Crippen LogP contribution in [0.3, 0.4) is 0 Å². The van der Waals surface area contributed by atoms with Gasteiger partial charge >= 0.3 is 5.97 Å². The zero-order valence-corrected chi connectivity index (χ0v) is 21.5. The van der Waals surface area contributed by atoms with Crippen molar-refractivity contribution in [2.45, 2.75) is 84.2 Å². The second kappa shape index (κ2) is 14.4. The third kappa shape index (κ3) is 9.82. The molecule has 1 aromatic rings. The fourth-order valence-corrected chi connectivity index (χ4v) is 3.47. The van der Waals surface area contributed by atoms with Crippen LogP contribution in [0.5, 0.6) is 5.75 Å². The maximum absolute atomic E-state index is 13.1. The van der Waals surface area contributed by atoms with Crippen molar-refractivity contribution in [2.75, 3.05) is 0 Å². The third-order valence-electron chi connectivity index (χ3n) is 5.95. The molecule has 11 nitrogen and oxygen atoms in total. The zero-order chi connectivity index (χ0) is 27.6. The number of benzene rings is 1. The lowest BCUT2D eigenvalue weighted by molar-refractivity contribution is -0.143. The first-order chi connectivity index (χ1) is 16.8. The van der Waals surface area contributed by atoms with E-state index >= 15 is 0 Å². The Kier molecular flexibility index (Phi) is 12.3. The fraction of sp³-hybridized carbons (Fsp3) is 0.600. The summed E-state index contributed by atoms with van der Waals surface area (Å²) in [7, 11) is 0. The quantitative estimate of drug-likeness (QED) is 0.186. The average molecular weight is 509 g/mol. The molecule has 0 bridgehead atoms. The molecular formula is C25H40N4O7. The summed E-state index contributed by atoms with van der Waals surface area (Å²) in [5.74, 6) is -3.56. The molecule has 0 aliphatic rings. The van der Waals surface area contributed by atoms with E-state index in [4.69, 9.17) is 5.73 Å². The number of aromatic hydroxyl groups is 1. The van der Waals surface area contributed by atoms with E-state index in [2.05, 4.69) is 16.0 Å². The van der Waals surface area contributed by atoms with Crippen LogP contribution >= 0.6 is 0 Å². The standard InChI is InChI=1S/C25H40N4O7/c1-6-14(4)20(26)23(33)29-21(15(5)30)24(34)27-18(12-16-7-9-17(31)10-8-16)22(32)28-19(25(35)36)11-13(2)3/h7-10,13-15,18-21,30-31H,6,11-12,26H2,1-5H3,(H,27,34)(H,28,32)(H,29,33)(H,35,36). The van der Waals surface area contributed by atoms with Crippen LogP contribution in [-0.4, -0.2) is 69.3 Å². The van der Waals surface area contributed by atoms with Crippen molar-refractivity contribution in [3.63, 3.8) is 0 Å². The summed E-state index contributed by atoms with van der Waals surface area (Å²) < 4.78 is 0. The molecule has 11 heteroatoms. The molecule has 202 valence electrons. The third-order valence-corrected chi connectivity index (χ3v) is 5.95. The lowest BCUT2D eigenvalue weighted by Crippen LogP contribution is -2.60. The number of aliphatic hydroxyl groups excluding tert-OH is 1. The SMILES string of the molecule is CCC(C)C(N)C(=O)NC(C(=O)NC(Cc1ccc(O)cc1)C(=O)NC(CC(C)C)C(=O)O)C(C)O. The van der Waals surface area contributed by atoms with Crippen molar-refractivity contribution >= 4 is 23.7 Å². The molecule has 1 rings (SSSR count). The Labute approximate surface area is 211 Å². The number of carboxylic acids is 1. The van der Waals surface area contributed by atoms with Crippen molar-refractivity contribution in [3.05, 3.63) is 29.8 Å². The maximum Gasteiger partial charge on any atom is 0.326 e. The van der Waals surface area contributed by atoms with Gasteiger partial charge in [-0.15, -0.1) is 0 Å². The number of hydrogen-bond donors (Lipinski definition) is 7. The topological polar surface area (TPSA) is 191 Å². The summed E-state index contributed by atoms with van der Waals surface area (Å²) in [4.78, 5) is 50.3. The van der Waals surface area contributed by atoms with Crippen LogP contribution in [0.2, 0.25) is 0 Å². The Morgan fingerprint density at radius 2 is 1.44 bits per heavy atom. The summed E-state index contributed by atoms with van der Waals surface area (Å²) in [6, 6.07) is 1.27. The van der Waals surface area contributed by atoms with Crippen molar-refractivity contribution in [1.29, 1.82) is 0 Å². The number of carbonyl (C=O) groups excluding carboxylic acids is 3. The highest BCUT2D eigenvalue weighted by atomic mass is 16.4. The van der Waals surface area contributed by atoms with E-state index in [1.54, 1.807) is 19.1 Å². The van der Waals surface area contributed by atoms with Gasteiger partial charge in [-0.25, -0.2) is 4.79 Å². The monoisotopic (exact) mass is 508 g/mol. The number of carbonyl (C=O) groups is 4. The summed E-state index contributed by atoms with van der Waals surface area (Å²) in [6.07, 6.45) is -0.515. The van der Waals surface area contributed by atoms with Gasteiger partial charge in [-0.1, -0.05) is 46.2 Å². The number of amides is 3. The van der Waals surface area contributed by atoms with Crippen LogP contribution in [0.1, 0.15) is 53.0 Å². The minimum Gasteiger partial charge on any atom is -0.508 e. The lowest BCUT2D eigenvalue weighted by Gasteiger charge is -2.27. The number of nitrogens with two attached hydrogens (primary N) is 1. The van der Waals surface area contributed by atoms with Crippen LogP contribution in [0.4, 0.5) is 0 Å². The Balaban J connectivity index is 3.15. The van der Waals surface area contributed by atoms with Gasteiger partial charge in [0.05, 0.1) is 12.1 Å². The van der Waals surface area contributed by atoms with Gasteiger partial charge in [0, 0.05) is 6.42 Å². The molecule has 0 heterocycles. The van der Waals surface area contributed by atoms with E-state index in [1.165, 1.54) is 19.1 Å². The van der Waals surface area contributed by atoms with Crippen molar-refractivity contribution < 1.29 is 34.5 Å². The van der Waals surface area contributed by atoms with Gasteiger partial charge in [-0.3, -0.25) is 14.4 Å². The van der Waals surface area contributed by atoms with Crippen molar-refractivity contribution in [2.24, 2.45) is 17.6 Å². The molecule has 6 atom stereocenters. The molecule has 0 saturated heterocycles. The van der Waals surface area contributed by atoms with Gasteiger partial charge in [0.25, 0.3) is 0 Å². The first-order valence-corrected chi connectivity index (χ1v) is 12.1. The molecule has 0 aliphatic carbocycles. The minimum atomic E-state index is -1.39. The van der Waals surface area contributed by atoms with Gasteiger partial charge in [0.15, 0.2) is 0 Å². The first-order valence-electron chi connectivity index (χ1n) is 12.1. The van der Waals surface area contributed by atoms with Crippen LogP contribution < -0.4 is 21.7 Å². The van der Waals surface area contributed by atoms with Gasteiger partial charge in [0.1, 0.15) is 23.9 Å². The number of nitrogens with one attached hydrogen (secondary N) is 3. The minimum absolute atomic E-state index is 0.0129. The summed E-state index contributed by atoms with van der Waals surface area (Å²) >= 11 is 0. The highest BCUT2D eigenvalue weighted by Gasteiger charge is 2.33. The van der Waals surface area contributed by atoms with Gasteiger partial charge in [0.2, 0.25) is 17.7 Å². The molecule has 0 aliphatic heterocycles. The number of carboxylic acid groups (broad SMARTS) is 1. The number of aliphatic carboxylic acids is 1.